The molecule has 0 radical (unpaired) electrons. The summed E-state index contributed by atoms with van der Waals surface area (Å²) in [5, 5.41) is 3.36. The number of nitrogens with zero attached hydrogens (tertiary/aromatic N) is 2. The SMILES string of the molecule is CN=C(N)c1ccc(C(=O)Cc2ccc(Cl)cc2C(=O)Nc2ccc(Cl)cn2)c(F)c1. The molecule has 1 aromatic heterocycles. The van der Waals surface area contributed by atoms with Gasteiger partial charge in [-0.25, -0.2) is 9.37 Å². The quantitative estimate of drug-likeness (QED) is 0.321. The average Bonchev–Trinajstić information content (AvgIpc) is 2.75. The van der Waals surface area contributed by atoms with Gasteiger partial charge >= 0.3 is 0 Å². The molecule has 0 atom stereocenters. The lowest BCUT2D eigenvalue weighted by atomic mass is 9.97. The number of aliphatic imine (C=N–C) groups is 1. The maximum atomic E-state index is 14.5. The average molecular weight is 459 g/mol. The highest BCUT2D eigenvalue weighted by molar-refractivity contribution is 6.31. The van der Waals surface area contributed by atoms with Crippen molar-refractivity contribution in [3.05, 3.63) is 92.8 Å². The van der Waals surface area contributed by atoms with Gasteiger partial charge in [-0.3, -0.25) is 14.6 Å². The third-order valence-corrected chi connectivity index (χ3v) is 4.90. The zero-order valence-electron chi connectivity index (χ0n) is 16.3. The van der Waals surface area contributed by atoms with Gasteiger partial charge in [-0.2, -0.15) is 0 Å². The van der Waals surface area contributed by atoms with Crippen LogP contribution in [0.15, 0.2) is 59.7 Å². The van der Waals surface area contributed by atoms with Crippen molar-refractivity contribution in [1.82, 2.24) is 4.98 Å². The van der Waals surface area contributed by atoms with Gasteiger partial charge in [0.15, 0.2) is 5.78 Å². The fourth-order valence-corrected chi connectivity index (χ4v) is 3.13. The number of amidine groups is 1. The van der Waals surface area contributed by atoms with E-state index in [1.165, 1.54) is 37.5 Å². The first-order chi connectivity index (χ1) is 14.8. The third kappa shape index (κ3) is 5.45. The Morgan fingerprint density at radius 3 is 2.45 bits per heavy atom. The van der Waals surface area contributed by atoms with Crippen molar-refractivity contribution in [1.29, 1.82) is 0 Å². The number of hydrogen-bond donors (Lipinski definition) is 2. The van der Waals surface area contributed by atoms with Crippen LogP contribution in [0.25, 0.3) is 0 Å². The van der Waals surface area contributed by atoms with Crippen LogP contribution in [0.1, 0.15) is 31.8 Å². The summed E-state index contributed by atoms with van der Waals surface area (Å²) < 4.78 is 14.5. The van der Waals surface area contributed by atoms with Gasteiger partial charge in [0.2, 0.25) is 0 Å². The van der Waals surface area contributed by atoms with E-state index in [0.717, 1.165) is 6.07 Å². The van der Waals surface area contributed by atoms with Crippen LogP contribution in [0.4, 0.5) is 10.2 Å². The van der Waals surface area contributed by atoms with Crippen LogP contribution in [0.3, 0.4) is 0 Å². The molecule has 158 valence electrons. The number of nitrogens with one attached hydrogen (secondary N) is 1. The van der Waals surface area contributed by atoms with Crippen molar-refractivity contribution in [3.63, 3.8) is 0 Å². The summed E-state index contributed by atoms with van der Waals surface area (Å²) in [6, 6.07) is 11.7. The molecule has 0 bridgehead atoms. The lowest BCUT2D eigenvalue weighted by Gasteiger charge is -2.11. The van der Waals surface area contributed by atoms with Crippen LogP contribution in [-0.4, -0.2) is 29.6 Å². The minimum atomic E-state index is -0.723. The molecule has 3 N–H and O–H groups in total. The zero-order valence-corrected chi connectivity index (χ0v) is 17.8. The fraction of sp³-hybridized carbons (Fsp3) is 0.0909. The Morgan fingerprint density at radius 2 is 1.81 bits per heavy atom. The molecular formula is C22H17Cl2FN4O2. The van der Waals surface area contributed by atoms with Gasteiger partial charge in [-0.15, -0.1) is 0 Å². The molecule has 3 rings (SSSR count). The van der Waals surface area contributed by atoms with Gasteiger partial charge in [0.25, 0.3) is 5.91 Å². The Kier molecular flexibility index (Phi) is 6.99. The van der Waals surface area contributed by atoms with Gasteiger partial charge in [-0.1, -0.05) is 35.3 Å². The number of carbonyl (C=O) groups excluding carboxylic acids is 2. The second-order valence-electron chi connectivity index (χ2n) is 6.52. The molecule has 0 aliphatic heterocycles. The molecule has 0 saturated carbocycles. The van der Waals surface area contributed by atoms with E-state index >= 15 is 0 Å². The number of pyridine rings is 1. The number of ketones is 1. The topological polar surface area (TPSA) is 97.4 Å². The zero-order chi connectivity index (χ0) is 22.5. The normalized spacial score (nSPS) is 11.3. The number of hydrogen-bond acceptors (Lipinski definition) is 4. The molecule has 1 amide bonds. The Balaban J connectivity index is 1.86. The summed E-state index contributed by atoms with van der Waals surface area (Å²) in [5.74, 6) is -1.30. The number of halogens is 3. The number of rotatable bonds is 6. The number of Topliss-reactive ketones (excluding diaryl/α,β-unsaturated/α-hetero) is 1. The van der Waals surface area contributed by atoms with E-state index < -0.39 is 17.5 Å². The van der Waals surface area contributed by atoms with Crippen molar-refractivity contribution in [2.75, 3.05) is 12.4 Å². The first-order valence-corrected chi connectivity index (χ1v) is 9.80. The molecule has 31 heavy (non-hydrogen) atoms. The molecule has 0 fully saturated rings. The fourth-order valence-electron chi connectivity index (χ4n) is 2.85. The summed E-state index contributed by atoms with van der Waals surface area (Å²) in [5.41, 5.74) is 6.50. The Morgan fingerprint density at radius 1 is 1.06 bits per heavy atom. The van der Waals surface area contributed by atoms with Gasteiger partial charge in [0.1, 0.15) is 17.5 Å². The molecule has 0 spiro atoms. The molecule has 0 saturated heterocycles. The van der Waals surface area contributed by atoms with E-state index in [4.69, 9.17) is 28.9 Å². The minimum Gasteiger partial charge on any atom is -0.384 e. The van der Waals surface area contributed by atoms with E-state index in [2.05, 4.69) is 15.3 Å². The lowest BCUT2D eigenvalue weighted by Crippen LogP contribution is -2.17. The Labute approximate surface area is 187 Å². The van der Waals surface area contributed by atoms with E-state index in [1.807, 2.05) is 0 Å². The minimum absolute atomic E-state index is 0.117. The van der Waals surface area contributed by atoms with E-state index in [0.29, 0.717) is 21.2 Å². The molecular weight excluding hydrogens is 442 g/mol. The summed E-state index contributed by atoms with van der Waals surface area (Å²) in [6.45, 7) is 0. The van der Waals surface area contributed by atoms with Crippen LogP contribution >= 0.6 is 23.2 Å². The third-order valence-electron chi connectivity index (χ3n) is 4.44. The Hall–Kier alpha value is -3.29. The molecule has 6 nitrogen and oxygen atoms in total. The van der Waals surface area contributed by atoms with Gasteiger partial charge in [0.05, 0.1) is 10.6 Å². The van der Waals surface area contributed by atoms with Gasteiger partial charge in [-0.05, 0) is 42.0 Å². The predicted octanol–water partition coefficient (Wildman–Crippen LogP) is 4.54. The smallest absolute Gasteiger partial charge is 0.257 e. The van der Waals surface area contributed by atoms with Crippen molar-refractivity contribution in [2.24, 2.45) is 10.7 Å². The number of anilines is 1. The van der Waals surface area contributed by atoms with Crippen LogP contribution in [0.2, 0.25) is 10.0 Å². The van der Waals surface area contributed by atoms with Gasteiger partial charge < -0.3 is 11.1 Å². The predicted molar refractivity (Wildman–Crippen MR) is 120 cm³/mol. The van der Waals surface area contributed by atoms with E-state index in [9.17, 15) is 14.0 Å². The number of carbonyl (C=O) groups is 2. The number of nitrogens with two attached hydrogens (primary N) is 1. The summed E-state index contributed by atoms with van der Waals surface area (Å²) >= 11 is 11.8. The lowest BCUT2D eigenvalue weighted by molar-refractivity contribution is 0.0988. The maximum absolute atomic E-state index is 14.5. The molecule has 1 heterocycles. The molecule has 0 aliphatic carbocycles. The van der Waals surface area contributed by atoms with E-state index in [-0.39, 0.29) is 29.2 Å². The second kappa shape index (κ2) is 9.68. The van der Waals surface area contributed by atoms with Crippen molar-refractivity contribution < 1.29 is 14.0 Å². The van der Waals surface area contributed by atoms with Crippen molar-refractivity contribution in [3.8, 4) is 0 Å². The van der Waals surface area contributed by atoms with Crippen molar-refractivity contribution >= 4 is 46.5 Å². The number of benzene rings is 2. The summed E-state index contributed by atoms with van der Waals surface area (Å²) in [4.78, 5) is 33.3. The summed E-state index contributed by atoms with van der Waals surface area (Å²) in [7, 11) is 1.49. The van der Waals surface area contributed by atoms with Crippen LogP contribution in [0.5, 0.6) is 0 Å². The highest BCUT2D eigenvalue weighted by Gasteiger charge is 2.19. The molecule has 3 aromatic rings. The monoisotopic (exact) mass is 458 g/mol. The highest BCUT2D eigenvalue weighted by Crippen LogP contribution is 2.21. The summed E-state index contributed by atoms with van der Waals surface area (Å²) in [6.07, 6.45) is 1.18. The second-order valence-corrected chi connectivity index (χ2v) is 7.39. The molecule has 0 unspecified atom stereocenters. The molecule has 9 heteroatoms. The Bertz CT molecular complexity index is 1180. The maximum Gasteiger partial charge on any atom is 0.257 e. The highest BCUT2D eigenvalue weighted by atomic mass is 35.5. The molecule has 0 aliphatic rings. The number of amides is 1. The standard InChI is InChI=1S/C22H17Cl2FN4O2/c1-27-21(26)13-3-6-16(18(25)8-13)19(30)9-12-2-4-14(23)10-17(12)22(31)29-20-7-5-15(24)11-28-20/h2-8,10-11H,9H2,1H3,(H2,26,27)(H,28,29,31). The molecule has 2 aromatic carbocycles. The largest absolute Gasteiger partial charge is 0.384 e. The van der Waals surface area contributed by atoms with Crippen LogP contribution in [-0.2, 0) is 6.42 Å². The first kappa shape index (κ1) is 22.4. The van der Waals surface area contributed by atoms with Crippen LogP contribution in [0, 0.1) is 5.82 Å². The van der Waals surface area contributed by atoms with E-state index in [1.54, 1.807) is 18.2 Å². The van der Waals surface area contributed by atoms with Gasteiger partial charge in [0, 0.05) is 35.8 Å². The first-order valence-electron chi connectivity index (χ1n) is 9.05. The van der Waals surface area contributed by atoms with Crippen molar-refractivity contribution in [2.45, 2.75) is 6.42 Å². The van der Waals surface area contributed by atoms with Crippen LogP contribution < -0.4 is 11.1 Å². The number of aromatic nitrogens is 1.